The average Bonchev–Trinajstić information content (AvgIpc) is 2.91. The van der Waals surface area contributed by atoms with E-state index in [0.29, 0.717) is 16.6 Å². The molecule has 4 rings (SSSR count). The van der Waals surface area contributed by atoms with Crippen molar-refractivity contribution in [1.29, 1.82) is 0 Å². The summed E-state index contributed by atoms with van der Waals surface area (Å²) in [6, 6.07) is 26.6. The van der Waals surface area contributed by atoms with Crippen LogP contribution in [0.1, 0.15) is 28.3 Å². The fourth-order valence-corrected chi connectivity index (χ4v) is 4.14. The molecule has 7 heteroatoms. The van der Waals surface area contributed by atoms with E-state index in [9.17, 15) is 9.59 Å². The van der Waals surface area contributed by atoms with E-state index in [-0.39, 0.29) is 24.8 Å². The van der Waals surface area contributed by atoms with Crippen LogP contribution in [0.5, 0.6) is 0 Å². The van der Waals surface area contributed by atoms with Crippen molar-refractivity contribution in [2.24, 2.45) is 0 Å². The highest BCUT2D eigenvalue weighted by molar-refractivity contribution is 6.30. The minimum atomic E-state index is -0.835. The predicted molar refractivity (Wildman–Crippen MR) is 142 cm³/mol. The predicted octanol–water partition coefficient (Wildman–Crippen LogP) is 6.02. The number of aromatic nitrogens is 1. The van der Waals surface area contributed by atoms with Crippen molar-refractivity contribution < 1.29 is 9.59 Å². The van der Waals surface area contributed by atoms with Gasteiger partial charge in [-0.3, -0.25) is 14.6 Å². The number of benzene rings is 3. The lowest BCUT2D eigenvalue weighted by Crippen LogP contribution is -2.43. The van der Waals surface area contributed by atoms with Gasteiger partial charge in [0.15, 0.2) is 0 Å². The van der Waals surface area contributed by atoms with Gasteiger partial charge in [0.25, 0.3) is 0 Å². The smallest absolute Gasteiger partial charge is 0.247 e. The number of hydrogen-bond donors (Lipinski definition) is 1. The molecule has 182 valence electrons. The second-order valence-corrected chi connectivity index (χ2v) is 9.22. The Bertz CT molecular complexity index is 1280. The van der Waals surface area contributed by atoms with E-state index in [0.717, 1.165) is 22.3 Å². The lowest BCUT2D eigenvalue weighted by atomic mass is 10.0. The molecule has 1 aromatic heterocycles. The standard InChI is InChI=1S/C29H25Cl2N3O2/c30-25-12-8-21(9-13-25)17-27(35)34(20-22-10-14-26(31)15-11-22)28(24-6-2-1-3-7-24)29(36)33-19-23-5-4-16-32-18-23/h1-16,18,28H,17,19-20H2,(H,33,36)/t28-/m0/s1. The summed E-state index contributed by atoms with van der Waals surface area (Å²) in [5.41, 5.74) is 3.27. The van der Waals surface area contributed by atoms with Gasteiger partial charge >= 0.3 is 0 Å². The van der Waals surface area contributed by atoms with Crippen molar-refractivity contribution in [3.05, 3.63) is 136 Å². The highest BCUT2D eigenvalue weighted by Crippen LogP contribution is 2.26. The van der Waals surface area contributed by atoms with Gasteiger partial charge in [-0.2, -0.15) is 0 Å². The van der Waals surface area contributed by atoms with E-state index in [1.807, 2.05) is 66.7 Å². The summed E-state index contributed by atoms with van der Waals surface area (Å²) >= 11 is 12.1. The van der Waals surface area contributed by atoms with Crippen molar-refractivity contribution >= 4 is 35.0 Å². The third kappa shape index (κ3) is 6.94. The number of rotatable bonds is 9. The lowest BCUT2D eigenvalue weighted by Gasteiger charge is -2.32. The van der Waals surface area contributed by atoms with Crippen molar-refractivity contribution in [3.63, 3.8) is 0 Å². The van der Waals surface area contributed by atoms with Crippen molar-refractivity contribution in [2.75, 3.05) is 0 Å². The Labute approximate surface area is 220 Å². The van der Waals surface area contributed by atoms with Crippen LogP contribution in [0.15, 0.2) is 103 Å². The first-order valence-corrected chi connectivity index (χ1v) is 12.2. The number of nitrogens with one attached hydrogen (secondary N) is 1. The van der Waals surface area contributed by atoms with Crippen LogP contribution in [-0.4, -0.2) is 21.7 Å². The van der Waals surface area contributed by atoms with Gasteiger partial charge in [-0.05, 0) is 52.6 Å². The molecule has 5 nitrogen and oxygen atoms in total. The molecule has 1 heterocycles. The molecule has 0 saturated heterocycles. The van der Waals surface area contributed by atoms with E-state index in [1.165, 1.54) is 0 Å². The first-order valence-electron chi connectivity index (χ1n) is 11.5. The Morgan fingerprint density at radius 1 is 0.778 bits per heavy atom. The Morgan fingerprint density at radius 3 is 2.03 bits per heavy atom. The van der Waals surface area contributed by atoms with Gasteiger partial charge in [0, 0.05) is 35.5 Å². The Morgan fingerprint density at radius 2 is 1.42 bits per heavy atom. The van der Waals surface area contributed by atoms with Gasteiger partial charge in [0.05, 0.1) is 6.42 Å². The van der Waals surface area contributed by atoms with Crippen LogP contribution >= 0.6 is 23.2 Å². The third-order valence-corrected chi connectivity index (χ3v) is 6.22. The summed E-state index contributed by atoms with van der Waals surface area (Å²) in [4.78, 5) is 33.1. The first-order chi connectivity index (χ1) is 17.5. The number of carbonyl (C=O) groups is 2. The molecular formula is C29H25Cl2N3O2. The van der Waals surface area contributed by atoms with Gasteiger partial charge < -0.3 is 10.2 Å². The maximum atomic E-state index is 13.7. The molecule has 0 aliphatic rings. The molecule has 2 amide bonds. The van der Waals surface area contributed by atoms with Crippen LogP contribution in [0, 0.1) is 0 Å². The number of amides is 2. The number of halogens is 2. The van der Waals surface area contributed by atoms with Crippen LogP contribution in [0.25, 0.3) is 0 Å². The van der Waals surface area contributed by atoms with E-state index in [2.05, 4.69) is 10.3 Å². The molecule has 1 N–H and O–H groups in total. The van der Waals surface area contributed by atoms with Crippen molar-refractivity contribution in [1.82, 2.24) is 15.2 Å². The van der Waals surface area contributed by atoms with Crippen molar-refractivity contribution in [3.8, 4) is 0 Å². The second kappa shape index (κ2) is 12.3. The van der Waals surface area contributed by atoms with Gasteiger partial charge in [0.2, 0.25) is 11.8 Å². The van der Waals surface area contributed by atoms with E-state index >= 15 is 0 Å². The van der Waals surface area contributed by atoms with Crippen LogP contribution < -0.4 is 5.32 Å². The number of hydrogen-bond acceptors (Lipinski definition) is 3. The topological polar surface area (TPSA) is 62.3 Å². The largest absolute Gasteiger partial charge is 0.350 e. The summed E-state index contributed by atoms with van der Waals surface area (Å²) in [6.07, 6.45) is 3.51. The van der Waals surface area contributed by atoms with Crippen LogP contribution in [0.4, 0.5) is 0 Å². The maximum absolute atomic E-state index is 13.7. The molecule has 0 spiro atoms. The van der Waals surface area contributed by atoms with Gasteiger partial charge in [-0.15, -0.1) is 0 Å². The zero-order chi connectivity index (χ0) is 25.3. The number of nitrogens with zero attached hydrogens (tertiary/aromatic N) is 2. The Kier molecular flexibility index (Phi) is 8.71. The molecule has 0 bridgehead atoms. The average molecular weight is 518 g/mol. The van der Waals surface area contributed by atoms with Crippen molar-refractivity contribution in [2.45, 2.75) is 25.6 Å². The highest BCUT2D eigenvalue weighted by Gasteiger charge is 2.31. The van der Waals surface area contributed by atoms with Gasteiger partial charge in [0.1, 0.15) is 6.04 Å². The van der Waals surface area contributed by atoms with E-state index in [1.54, 1.807) is 41.6 Å². The molecule has 0 unspecified atom stereocenters. The molecule has 1 atom stereocenters. The maximum Gasteiger partial charge on any atom is 0.247 e. The molecule has 3 aromatic carbocycles. The monoisotopic (exact) mass is 517 g/mol. The SMILES string of the molecule is O=C(NCc1cccnc1)[C@H](c1ccccc1)N(Cc1ccc(Cl)cc1)C(=O)Cc1ccc(Cl)cc1. The fraction of sp³-hybridized carbons (Fsp3) is 0.138. The summed E-state index contributed by atoms with van der Waals surface area (Å²) < 4.78 is 0. The van der Waals surface area contributed by atoms with Gasteiger partial charge in [-0.25, -0.2) is 0 Å². The quantitative estimate of drug-likeness (QED) is 0.295. The minimum absolute atomic E-state index is 0.129. The summed E-state index contributed by atoms with van der Waals surface area (Å²) in [7, 11) is 0. The molecule has 0 fully saturated rings. The van der Waals surface area contributed by atoms with Gasteiger partial charge in [-0.1, -0.05) is 83.9 Å². The lowest BCUT2D eigenvalue weighted by molar-refractivity contribution is -0.141. The number of carbonyl (C=O) groups excluding carboxylic acids is 2. The third-order valence-electron chi connectivity index (χ3n) is 5.72. The number of pyridine rings is 1. The fourth-order valence-electron chi connectivity index (χ4n) is 3.89. The van der Waals surface area contributed by atoms with Crippen LogP contribution in [0.2, 0.25) is 10.0 Å². The molecule has 36 heavy (non-hydrogen) atoms. The molecular weight excluding hydrogens is 493 g/mol. The molecule has 0 radical (unpaired) electrons. The first kappa shape index (κ1) is 25.4. The van der Waals surface area contributed by atoms with Crippen LogP contribution in [-0.2, 0) is 29.1 Å². The summed E-state index contributed by atoms with van der Waals surface area (Å²) in [6.45, 7) is 0.541. The molecule has 0 aliphatic heterocycles. The Balaban J connectivity index is 1.67. The Hall–Kier alpha value is -3.67. The zero-order valence-corrected chi connectivity index (χ0v) is 21.0. The van der Waals surface area contributed by atoms with Crippen LogP contribution in [0.3, 0.4) is 0 Å². The van der Waals surface area contributed by atoms with E-state index in [4.69, 9.17) is 23.2 Å². The normalized spacial score (nSPS) is 11.5. The summed E-state index contributed by atoms with van der Waals surface area (Å²) in [5, 5.41) is 4.19. The molecule has 0 aliphatic carbocycles. The van der Waals surface area contributed by atoms with E-state index < -0.39 is 6.04 Å². The second-order valence-electron chi connectivity index (χ2n) is 8.34. The summed E-state index contributed by atoms with van der Waals surface area (Å²) in [5.74, 6) is -0.457. The zero-order valence-electron chi connectivity index (χ0n) is 19.5. The minimum Gasteiger partial charge on any atom is -0.350 e. The molecule has 0 saturated carbocycles. The highest BCUT2D eigenvalue weighted by atomic mass is 35.5. The molecule has 4 aromatic rings.